The number of benzene rings is 2. The molecule has 0 amide bonds. The molecule has 0 N–H and O–H groups in total. The first-order chi connectivity index (χ1) is 17.8. The van der Waals surface area contributed by atoms with Gasteiger partial charge in [-0.1, -0.05) is 76.6 Å². The third-order valence-corrected chi connectivity index (χ3v) is 9.80. The number of unbranched alkanes of at least 4 members (excludes halogenated alkanes) is 2. The van der Waals surface area contributed by atoms with Gasteiger partial charge in [0, 0.05) is 21.0 Å². The van der Waals surface area contributed by atoms with Crippen molar-refractivity contribution >= 4 is 44.9 Å². The minimum absolute atomic E-state index is 0.256. The first-order valence-corrected chi connectivity index (χ1v) is 15.6. The Balaban J connectivity index is 1.52. The second-order valence-electron chi connectivity index (χ2n) is 11.7. The monoisotopic (exact) mass is 527 g/mol. The molecule has 3 heteroatoms. The Bertz CT molecular complexity index is 1400. The molecule has 5 rings (SSSR count). The number of allylic oxidation sites excluding steroid dienone is 4. The minimum atomic E-state index is 0.256. The average molecular weight is 528 g/mol. The van der Waals surface area contributed by atoms with Crippen molar-refractivity contribution in [2.75, 3.05) is 11.4 Å². The maximum atomic E-state index is 2.57. The van der Waals surface area contributed by atoms with E-state index in [1.807, 2.05) is 23.1 Å². The zero-order chi connectivity index (χ0) is 26.2. The predicted octanol–water partition coefficient (Wildman–Crippen LogP) is 10.9. The molecular formula is C34H41NS2. The molecule has 0 saturated heterocycles. The third-order valence-electron chi connectivity index (χ3n) is 7.57. The number of nitrogens with zero attached hydrogens (tertiary/aromatic N) is 1. The lowest BCUT2D eigenvalue weighted by Crippen LogP contribution is -2.20. The van der Waals surface area contributed by atoms with Gasteiger partial charge in [-0.2, -0.15) is 0 Å². The summed E-state index contributed by atoms with van der Waals surface area (Å²) in [5, 5.41) is 2.83. The summed E-state index contributed by atoms with van der Waals surface area (Å²) < 4.78 is 1.42. The van der Waals surface area contributed by atoms with Crippen LogP contribution in [0.25, 0.3) is 16.2 Å². The van der Waals surface area contributed by atoms with Gasteiger partial charge in [0.2, 0.25) is 0 Å². The Morgan fingerprint density at radius 3 is 2.51 bits per heavy atom. The molecule has 1 aromatic heterocycles. The number of fused-ring (bicyclic) bond motifs is 2. The van der Waals surface area contributed by atoms with Gasteiger partial charge in [0.1, 0.15) is 0 Å². The van der Waals surface area contributed by atoms with Gasteiger partial charge in [-0.15, -0.1) is 11.3 Å². The van der Waals surface area contributed by atoms with Crippen molar-refractivity contribution in [3.8, 4) is 0 Å². The summed E-state index contributed by atoms with van der Waals surface area (Å²) in [6.07, 6.45) is 14.6. The lowest BCUT2D eigenvalue weighted by molar-refractivity contribution is 0.356. The van der Waals surface area contributed by atoms with E-state index in [0.29, 0.717) is 0 Å². The molecular weight excluding hydrogens is 487 g/mol. The standard InChI is InChI=1S/C34H41NS2/c1-7-9-10-15-35-29-14-12-24(4)17-32(29)37-33(35)20-26-18-25(21-34(5,6)22-26)19-31-27(8-2)28-13-11-23(3)16-30(28)36-31/h11-14,16-20H,7-10,15,21-22H2,1-6H3. The summed E-state index contributed by atoms with van der Waals surface area (Å²) >= 11 is 3.92. The molecule has 2 aliphatic rings. The molecule has 1 nitrogen and oxygen atoms in total. The van der Waals surface area contributed by atoms with Crippen molar-refractivity contribution in [3.63, 3.8) is 0 Å². The fraction of sp³-hybridized carbons (Fsp3) is 0.412. The molecule has 1 aliphatic heterocycles. The zero-order valence-electron chi connectivity index (χ0n) is 23.4. The fourth-order valence-corrected chi connectivity index (χ4v) is 8.48. The van der Waals surface area contributed by atoms with Crippen molar-refractivity contribution < 1.29 is 0 Å². The second kappa shape index (κ2) is 10.9. The van der Waals surface area contributed by atoms with E-state index in [4.69, 9.17) is 0 Å². The van der Waals surface area contributed by atoms with Gasteiger partial charge in [0.05, 0.1) is 10.7 Å². The summed E-state index contributed by atoms with van der Waals surface area (Å²) in [5.41, 5.74) is 8.76. The number of rotatable bonds is 7. The number of thioether (sulfide) groups is 1. The maximum absolute atomic E-state index is 2.57. The van der Waals surface area contributed by atoms with E-state index < -0.39 is 0 Å². The highest BCUT2D eigenvalue weighted by Crippen LogP contribution is 2.48. The van der Waals surface area contributed by atoms with E-state index in [1.54, 1.807) is 0 Å². The summed E-state index contributed by atoms with van der Waals surface area (Å²) in [6.45, 7) is 14.9. The summed E-state index contributed by atoms with van der Waals surface area (Å²) in [4.78, 5) is 5.42. The van der Waals surface area contributed by atoms with Crippen LogP contribution in [0.2, 0.25) is 0 Å². The van der Waals surface area contributed by atoms with Gasteiger partial charge >= 0.3 is 0 Å². The molecule has 37 heavy (non-hydrogen) atoms. The summed E-state index contributed by atoms with van der Waals surface area (Å²) in [6, 6.07) is 13.9. The van der Waals surface area contributed by atoms with Crippen LogP contribution in [0.15, 0.2) is 69.6 Å². The van der Waals surface area contributed by atoms with Crippen LogP contribution in [0.1, 0.15) is 81.4 Å². The third kappa shape index (κ3) is 5.78. The highest BCUT2D eigenvalue weighted by Gasteiger charge is 2.29. The van der Waals surface area contributed by atoms with Gasteiger partial charge in [0.25, 0.3) is 0 Å². The average Bonchev–Trinajstić information content (AvgIpc) is 3.33. The quantitative estimate of drug-likeness (QED) is 0.281. The molecule has 3 aromatic rings. The Labute approximate surface area is 232 Å². The summed E-state index contributed by atoms with van der Waals surface area (Å²) in [7, 11) is 0. The van der Waals surface area contributed by atoms with Crippen LogP contribution < -0.4 is 4.90 Å². The first-order valence-electron chi connectivity index (χ1n) is 14.0. The molecule has 0 saturated carbocycles. The minimum Gasteiger partial charge on any atom is -0.335 e. The van der Waals surface area contributed by atoms with Gasteiger partial charge in [0.15, 0.2) is 0 Å². The van der Waals surface area contributed by atoms with Crippen LogP contribution in [0, 0.1) is 19.3 Å². The van der Waals surface area contributed by atoms with Crippen molar-refractivity contribution in [2.45, 2.75) is 85.0 Å². The van der Waals surface area contributed by atoms with Crippen LogP contribution in [0.3, 0.4) is 0 Å². The van der Waals surface area contributed by atoms with E-state index >= 15 is 0 Å². The van der Waals surface area contributed by atoms with Crippen LogP contribution in [-0.2, 0) is 6.42 Å². The molecule has 194 valence electrons. The zero-order valence-corrected chi connectivity index (χ0v) is 25.0. The van der Waals surface area contributed by atoms with E-state index in [1.165, 1.54) is 77.7 Å². The Morgan fingerprint density at radius 2 is 1.73 bits per heavy atom. The molecule has 0 atom stereocenters. The van der Waals surface area contributed by atoms with E-state index in [0.717, 1.165) is 25.8 Å². The number of aryl methyl sites for hydroxylation is 3. The number of hydrogen-bond donors (Lipinski definition) is 0. The van der Waals surface area contributed by atoms with Crippen LogP contribution in [0.5, 0.6) is 0 Å². The lowest BCUT2D eigenvalue weighted by atomic mass is 9.75. The first kappa shape index (κ1) is 26.4. The normalized spacial score (nSPS) is 19.2. The second-order valence-corrected chi connectivity index (χ2v) is 13.8. The van der Waals surface area contributed by atoms with Gasteiger partial charge in [-0.3, -0.25) is 0 Å². The van der Waals surface area contributed by atoms with E-state index in [2.05, 4.69) is 101 Å². The van der Waals surface area contributed by atoms with Crippen LogP contribution in [0.4, 0.5) is 5.69 Å². The molecule has 2 aromatic carbocycles. The molecule has 0 unspecified atom stereocenters. The number of thiophene rings is 1. The molecule has 2 heterocycles. The lowest BCUT2D eigenvalue weighted by Gasteiger charge is -2.31. The molecule has 0 spiro atoms. The van der Waals surface area contributed by atoms with Crippen LogP contribution in [-0.4, -0.2) is 6.54 Å². The number of hydrogen-bond acceptors (Lipinski definition) is 3. The van der Waals surface area contributed by atoms with Crippen LogP contribution >= 0.6 is 23.1 Å². The predicted molar refractivity (Wildman–Crippen MR) is 167 cm³/mol. The topological polar surface area (TPSA) is 3.24 Å². The number of anilines is 1. The van der Waals surface area contributed by atoms with Crippen molar-refractivity contribution in [3.05, 3.63) is 86.3 Å². The summed E-state index contributed by atoms with van der Waals surface area (Å²) in [5.74, 6) is 0. The Kier molecular flexibility index (Phi) is 7.75. The Morgan fingerprint density at radius 1 is 0.946 bits per heavy atom. The SMILES string of the molecule is CCCCCN1C(=CC2=CC(=Cc3sc4cc(C)ccc4c3CC)CC(C)(C)C2)Sc2cc(C)ccc21. The van der Waals surface area contributed by atoms with Crippen molar-refractivity contribution in [1.82, 2.24) is 0 Å². The van der Waals surface area contributed by atoms with Crippen molar-refractivity contribution in [2.24, 2.45) is 5.41 Å². The largest absolute Gasteiger partial charge is 0.335 e. The van der Waals surface area contributed by atoms with Gasteiger partial charge < -0.3 is 4.90 Å². The van der Waals surface area contributed by atoms with E-state index in [9.17, 15) is 0 Å². The maximum Gasteiger partial charge on any atom is 0.0804 e. The highest BCUT2D eigenvalue weighted by atomic mass is 32.2. The fourth-order valence-electron chi connectivity index (χ4n) is 5.85. The van der Waals surface area contributed by atoms with Gasteiger partial charge in [-0.05, 0) is 109 Å². The molecule has 0 radical (unpaired) electrons. The molecule has 0 fully saturated rings. The molecule has 1 aliphatic carbocycles. The van der Waals surface area contributed by atoms with Crippen molar-refractivity contribution in [1.29, 1.82) is 0 Å². The van der Waals surface area contributed by atoms with E-state index in [-0.39, 0.29) is 5.41 Å². The highest BCUT2D eigenvalue weighted by molar-refractivity contribution is 8.03. The Hall–Kier alpha value is -2.23. The molecule has 0 bridgehead atoms. The van der Waals surface area contributed by atoms with Gasteiger partial charge in [-0.25, -0.2) is 0 Å². The smallest absolute Gasteiger partial charge is 0.0804 e.